The number of hydrogen-bond acceptors (Lipinski definition) is 3. The first-order valence-corrected chi connectivity index (χ1v) is 7.79. The van der Waals surface area contributed by atoms with E-state index in [4.69, 9.17) is 13.3 Å². The highest BCUT2D eigenvalue weighted by Gasteiger charge is 2.33. The molecule has 3 nitrogen and oxygen atoms in total. The molecule has 0 aliphatic rings. The van der Waals surface area contributed by atoms with Crippen LogP contribution in [0.25, 0.3) is 0 Å². The van der Waals surface area contributed by atoms with Crippen molar-refractivity contribution in [3.05, 3.63) is 0 Å². The van der Waals surface area contributed by atoms with E-state index in [1.165, 1.54) is 0 Å². The fourth-order valence-electron chi connectivity index (χ4n) is 0.993. The van der Waals surface area contributed by atoms with Crippen molar-refractivity contribution in [2.75, 3.05) is 0 Å². The summed E-state index contributed by atoms with van der Waals surface area (Å²) in [4.78, 5) is 0. The van der Waals surface area contributed by atoms with Gasteiger partial charge in [0.05, 0.1) is 16.8 Å². The monoisotopic (exact) mass is 262 g/mol. The normalized spacial score (nSPS) is 14.5. The van der Waals surface area contributed by atoms with E-state index < -0.39 is 9.53 Å². The van der Waals surface area contributed by atoms with Crippen LogP contribution in [-0.2, 0) is 13.3 Å². The molecule has 0 rings (SSSR count). The average molecular weight is 262 g/mol. The third-order valence-electron chi connectivity index (χ3n) is 2.17. The van der Waals surface area contributed by atoms with Gasteiger partial charge in [-0.1, -0.05) is 6.92 Å². The Kier molecular flexibility index (Phi) is 5.86. The van der Waals surface area contributed by atoms with Crippen molar-refractivity contribution in [2.24, 2.45) is 0 Å². The van der Waals surface area contributed by atoms with Crippen molar-refractivity contribution < 1.29 is 13.3 Å². The first-order valence-electron chi connectivity index (χ1n) is 6.38. The van der Waals surface area contributed by atoms with Crippen LogP contribution in [0.3, 0.4) is 0 Å². The van der Waals surface area contributed by atoms with Crippen molar-refractivity contribution in [1.29, 1.82) is 0 Å². The smallest absolute Gasteiger partial charge is 0.371 e. The van der Waals surface area contributed by atoms with Gasteiger partial charge in [0.1, 0.15) is 0 Å². The van der Waals surface area contributed by atoms with Gasteiger partial charge in [0.25, 0.3) is 0 Å². The third-order valence-corrected chi connectivity index (χ3v) is 4.80. The molecule has 0 spiro atoms. The third kappa shape index (κ3) is 9.77. The van der Waals surface area contributed by atoms with Gasteiger partial charge in [0, 0.05) is 0 Å². The largest absolute Gasteiger partial charge is 0.485 e. The van der Waals surface area contributed by atoms with Crippen molar-refractivity contribution >= 4 is 9.53 Å². The summed E-state index contributed by atoms with van der Waals surface area (Å²) in [6, 6.07) is 0. The molecule has 0 bridgehead atoms. The van der Waals surface area contributed by atoms with Gasteiger partial charge in [0.2, 0.25) is 0 Å². The number of rotatable bonds is 5. The van der Waals surface area contributed by atoms with E-state index in [1.54, 1.807) is 0 Å². The van der Waals surface area contributed by atoms with Crippen molar-refractivity contribution in [1.82, 2.24) is 0 Å². The molecule has 0 N–H and O–H groups in total. The molecule has 0 unspecified atom stereocenters. The summed E-state index contributed by atoms with van der Waals surface area (Å²) in [5.41, 5.74) is -0.648. The maximum Gasteiger partial charge on any atom is 0.485 e. The Morgan fingerprint density at radius 3 is 1.29 bits per heavy atom. The van der Waals surface area contributed by atoms with Crippen molar-refractivity contribution in [3.63, 3.8) is 0 Å². The van der Waals surface area contributed by atoms with E-state index in [2.05, 4.69) is 20.8 Å². The van der Waals surface area contributed by atoms with Gasteiger partial charge in [0.15, 0.2) is 0 Å². The molecule has 0 amide bonds. The highest BCUT2D eigenvalue weighted by atomic mass is 28.3. The van der Waals surface area contributed by atoms with Gasteiger partial charge in [-0.25, -0.2) is 0 Å². The molecular weight excluding hydrogens is 232 g/mol. The minimum absolute atomic E-state index is 0.187. The van der Waals surface area contributed by atoms with Crippen LogP contribution in [0, 0.1) is 0 Å². The van der Waals surface area contributed by atoms with E-state index in [0.717, 1.165) is 6.42 Å². The van der Waals surface area contributed by atoms with Crippen LogP contribution < -0.4 is 0 Å². The quantitative estimate of drug-likeness (QED) is 0.709. The van der Waals surface area contributed by atoms with E-state index in [1.807, 2.05) is 41.5 Å². The summed E-state index contributed by atoms with van der Waals surface area (Å²) in [6.07, 6.45) is 0.942. The van der Waals surface area contributed by atoms with Crippen LogP contribution >= 0.6 is 0 Å². The Balaban J connectivity index is 4.63. The Hall–Kier alpha value is 0.0969. The maximum atomic E-state index is 6.03. The average Bonchev–Trinajstić information content (AvgIpc) is 1.96. The Labute approximate surface area is 109 Å². The molecular formula is C13H30O3Si. The molecule has 0 heterocycles. The molecule has 0 saturated heterocycles. The molecule has 0 fully saturated rings. The number of hydrogen-bond donors (Lipinski definition) is 0. The SMILES string of the molecule is CCC(C)(C)O[SiH](OC(C)(C)C)OC(C)(C)C. The Morgan fingerprint density at radius 2 is 1.06 bits per heavy atom. The van der Waals surface area contributed by atoms with Crippen molar-refractivity contribution in [2.45, 2.75) is 85.5 Å². The van der Waals surface area contributed by atoms with Gasteiger partial charge < -0.3 is 13.3 Å². The van der Waals surface area contributed by atoms with Crippen LogP contribution in [0.1, 0.15) is 68.7 Å². The van der Waals surface area contributed by atoms with Crippen molar-refractivity contribution in [3.8, 4) is 0 Å². The van der Waals surface area contributed by atoms with E-state index in [-0.39, 0.29) is 16.8 Å². The zero-order valence-electron chi connectivity index (χ0n) is 13.0. The van der Waals surface area contributed by atoms with Gasteiger partial charge in [-0.3, -0.25) is 0 Å². The lowest BCUT2D eigenvalue weighted by molar-refractivity contribution is -0.0562. The van der Waals surface area contributed by atoms with E-state index in [0.29, 0.717) is 0 Å². The van der Waals surface area contributed by atoms with Gasteiger partial charge in [-0.15, -0.1) is 0 Å². The molecule has 0 aromatic rings. The molecule has 4 heteroatoms. The maximum absolute atomic E-state index is 6.03. The highest BCUT2D eigenvalue weighted by Crippen LogP contribution is 2.22. The summed E-state index contributed by atoms with van der Waals surface area (Å²) in [5.74, 6) is 0. The lowest BCUT2D eigenvalue weighted by Gasteiger charge is -2.35. The minimum Gasteiger partial charge on any atom is -0.371 e. The van der Waals surface area contributed by atoms with Gasteiger partial charge in [-0.05, 0) is 61.8 Å². The fraction of sp³-hybridized carbons (Fsp3) is 1.00. The predicted octanol–water partition coefficient (Wildman–Crippen LogP) is 3.54. The zero-order chi connectivity index (χ0) is 13.9. The molecule has 0 saturated carbocycles. The molecule has 104 valence electrons. The lowest BCUT2D eigenvalue weighted by Crippen LogP contribution is -2.45. The topological polar surface area (TPSA) is 27.7 Å². The summed E-state index contributed by atoms with van der Waals surface area (Å²) in [6.45, 7) is 18.4. The molecule has 0 aromatic carbocycles. The molecule has 0 radical (unpaired) electrons. The minimum atomic E-state index is -2.13. The Bertz CT molecular complexity index is 210. The van der Waals surface area contributed by atoms with Crippen LogP contribution in [0.15, 0.2) is 0 Å². The first kappa shape index (κ1) is 17.1. The predicted molar refractivity (Wildman–Crippen MR) is 74.3 cm³/mol. The van der Waals surface area contributed by atoms with Gasteiger partial charge in [-0.2, -0.15) is 0 Å². The van der Waals surface area contributed by atoms with Crippen LogP contribution in [-0.4, -0.2) is 26.3 Å². The molecule has 0 aliphatic carbocycles. The second-order valence-electron chi connectivity index (χ2n) is 6.98. The van der Waals surface area contributed by atoms with Crippen LogP contribution in [0.5, 0.6) is 0 Å². The zero-order valence-corrected chi connectivity index (χ0v) is 14.2. The van der Waals surface area contributed by atoms with E-state index in [9.17, 15) is 0 Å². The first-order chi connectivity index (χ1) is 7.35. The standard InChI is InChI=1S/C13H30O3Si/c1-10-13(8,9)16-17(14-11(2,3)4)15-12(5,6)7/h17H,10H2,1-9H3. The second-order valence-corrected chi connectivity index (χ2v) is 8.26. The highest BCUT2D eigenvalue weighted by molar-refractivity contribution is 6.36. The summed E-state index contributed by atoms with van der Waals surface area (Å²) in [7, 11) is -2.13. The lowest BCUT2D eigenvalue weighted by atomic mass is 10.1. The van der Waals surface area contributed by atoms with Crippen LogP contribution in [0.2, 0.25) is 0 Å². The molecule has 0 aliphatic heterocycles. The fourth-order valence-corrected chi connectivity index (χ4v) is 2.98. The summed E-state index contributed by atoms with van der Waals surface area (Å²) >= 11 is 0. The summed E-state index contributed by atoms with van der Waals surface area (Å²) < 4.78 is 17.9. The second kappa shape index (κ2) is 5.82. The molecule has 0 atom stereocenters. The summed E-state index contributed by atoms with van der Waals surface area (Å²) in [5, 5.41) is 0. The van der Waals surface area contributed by atoms with E-state index >= 15 is 0 Å². The van der Waals surface area contributed by atoms with Crippen LogP contribution in [0.4, 0.5) is 0 Å². The Morgan fingerprint density at radius 1 is 0.706 bits per heavy atom. The van der Waals surface area contributed by atoms with Gasteiger partial charge >= 0.3 is 9.53 Å². The molecule has 17 heavy (non-hydrogen) atoms. The molecule has 0 aromatic heterocycles.